The van der Waals surface area contributed by atoms with Gasteiger partial charge in [-0.3, -0.25) is 0 Å². The number of nitrogens with zero attached hydrogens (tertiary/aromatic N) is 1. The molecule has 1 atom stereocenters. The maximum atomic E-state index is 10.4. The van der Waals surface area contributed by atoms with Crippen LogP contribution in [0.15, 0.2) is 10.6 Å². The van der Waals surface area contributed by atoms with Crippen LogP contribution in [0.3, 0.4) is 0 Å². The molecule has 0 aliphatic carbocycles. The zero-order valence-electron chi connectivity index (χ0n) is 8.99. The highest BCUT2D eigenvalue weighted by Gasteiger charge is 2.15. The van der Waals surface area contributed by atoms with Crippen LogP contribution in [-0.4, -0.2) is 11.4 Å². The quantitative estimate of drug-likeness (QED) is 0.678. The van der Waals surface area contributed by atoms with E-state index in [9.17, 15) is 4.79 Å². The van der Waals surface area contributed by atoms with Crippen LogP contribution in [0, 0.1) is 0 Å². The molecule has 1 unspecified atom stereocenters. The summed E-state index contributed by atoms with van der Waals surface area (Å²) < 4.78 is 5.19. The van der Waals surface area contributed by atoms with Crippen LogP contribution in [-0.2, 0) is 4.79 Å². The van der Waals surface area contributed by atoms with Crippen molar-refractivity contribution in [3.63, 3.8) is 0 Å². The SMILES string of the molecule is CCC(CC=O)c1cc(C(C)C)on1. The van der Waals surface area contributed by atoms with Crippen LogP contribution in [0.1, 0.15) is 56.9 Å². The Hall–Kier alpha value is -1.12. The van der Waals surface area contributed by atoms with Crippen LogP contribution in [0.4, 0.5) is 0 Å². The molecule has 0 spiro atoms. The predicted octanol–water partition coefficient (Wildman–Crippen LogP) is 2.88. The Morgan fingerprint density at radius 1 is 1.57 bits per heavy atom. The summed E-state index contributed by atoms with van der Waals surface area (Å²) >= 11 is 0. The van der Waals surface area contributed by atoms with Gasteiger partial charge in [0.1, 0.15) is 12.0 Å². The van der Waals surface area contributed by atoms with Crippen molar-refractivity contribution < 1.29 is 9.32 Å². The molecule has 3 heteroatoms. The van der Waals surface area contributed by atoms with Crippen LogP contribution in [0.5, 0.6) is 0 Å². The summed E-state index contributed by atoms with van der Waals surface area (Å²) in [5.74, 6) is 1.46. The molecule has 0 amide bonds. The Labute approximate surface area is 84.5 Å². The van der Waals surface area contributed by atoms with Gasteiger partial charge in [-0.2, -0.15) is 0 Å². The van der Waals surface area contributed by atoms with E-state index in [1.54, 1.807) is 0 Å². The molecule has 0 radical (unpaired) electrons. The summed E-state index contributed by atoms with van der Waals surface area (Å²) in [6, 6.07) is 1.96. The summed E-state index contributed by atoms with van der Waals surface area (Å²) in [4.78, 5) is 10.4. The fourth-order valence-corrected chi connectivity index (χ4v) is 1.38. The van der Waals surface area contributed by atoms with Crippen molar-refractivity contribution >= 4 is 6.29 Å². The van der Waals surface area contributed by atoms with Gasteiger partial charge in [0.2, 0.25) is 0 Å². The van der Waals surface area contributed by atoms with Gasteiger partial charge < -0.3 is 9.32 Å². The Balaban J connectivity index is 2.77. The number of aromatic nitrogens is 1. The minimum atomic E-state index is 0.212. The lowest BCUT2D eigenvalue weighted by Gasteiger charge is -2.05. The van der Waals surface area contributed by atoms with Gasteiger partial charge in [-0.15, -0.1) is 0 Å². The molecule has 0 saturated heterocycles. The van der Waals surface area contributed by atoms with Crippen molar-refractivity contribution in [3.05, 3.63) is 17.5 Å². The van der Waals surface area contributed by atoms with Crippen molar-refractivity contribution in [2.24, 2.45) is 0 Å². The zero-order chi connectivity index (χ0) is 10.6. The first kappa shape index (κ1) is 11.0. The molecule has 3 nitrogen and oxygen atoms in total. The molecule has 0 aliphatic rings. The van der Waals surface area contributed by atoms with Crippen molar-refractivity contribution in [2.45, 2.75) is 45.4 Å². The van der Waals surface area contributed by atoms with Gasteiger partial charge in [-0.25, -0.2) is 0 Å². The third-order valence-corrected chi connectivity index (χ3v) is 2.41. The van der Waals surface area contributed by atoms with E-state index in [1.807, 2.05) is 6.07 Å². The number of carbonyl (C=O) groups is 1. The van der Waals surface area contributed by atoms with Gasteiger partial charge >= 0.3 is 0 Å². The van der Waals surface area contributed by atoms with E-state index >= 15 is 0 Å². The minimum absolute atomic E-state index is 0.212. The first-order chi connectivity index (χ1) is 6.69. The second-order valence-electron chi connectivity index (χ2n) is 3.82. The monoisotopic (exact) mass is 195 g/mol. The number of rotatable bonds is 5. The second kappa shape index (κ2) is 4.94. The van der Waals surface area contributed by atoms with E-state index in [-0.39, 0.29) is 5.92 Å². The van der Waals surface area contributed by atoms with Crippen LogP contribution < -0.4 is 0 Å². The number of hydrogen-bond donors (Lipinski definition) is 0. The normalized spacial score (nSPS) is 13.1. The number of carbonyl (C=O) groups excluding carboxylic acids is 1. The molecule has 1 rings (SSSR count). The predicted molar refractivity (Wildman–Crippen MR) is 54.3 cm³/mol. The average molecular weight is 195 g/mol. The minimum Gasteiger partial charge on any atom is -0.361 e. The van der Waals surface area contributed by atoms with Crippen LogP contribution in [0.25, 0.3) is 0 Å². The fourth-order valence-electron chi connectivity index (χ4n) is 1.38. The lowest BCUT2D eigenvalue weighted by molar-refractivity contribution is -0.108. The summed E-state index contributed by atoms with van der Waals surface area (Å²) in [7, 11) is 0. The molecule has 0 aromatic carbocycles. The van der Waals surface area contributed by atoms with Crippen molar-refractivity contribution in [1.82, 2.24) is 5.16 Å². The summed E-state index contributed by atoms with van der Waals surface area (Å²) in [6.45, 7) is 6.17. The smallest absolute Gasteiger partial charge is 0.139 e. The lowest BCUT2D eigenvalue weighted by Crippen LogP contribution is -1.98. The standard InChI is InChI=1S/C11H17NO2/c1-4-9(5-6-13)10-7-11(8(2)3)14-12-10/h6-9H,4-5H2,1-3H3. The first-order valence-electron chi connectivity index (χ1n) is 5.09. The van der Waals surface area contributed by atoms with Gasteiger partial charge in [-0.05, 0) is 6.42 Å². The topological polar surface area (TPSA) is 43.1 Å². The zero-order valence-corrected chi connectivity index (χ0v) is 8.99. The highest BCUT2D eigenvalue weighted by Crippen LogP contribution is 2.24. The van der Waals surface area contributed by atoms with Crippen LogP contribution >= 0.6 is 0 Å². The van der Waals surface area contributed by atoms with Gasteiger partial charge in [0.25, 0.3) is 0 Å². The molecule has 14 heavy (non-hydrogen) atoms. The van der Waals surface area contributed by atoms with Gasteiger partial charge in [0.05, 0.1) is 5.69 Å². The van der Waals surface area contributed by atoms with E-state index in [1.165, 1.54) is 0 Å². The first-order valence-corrected chi connectivity index (χ1v) is 5.09. The molecular formula is C11H17NO2. The number of aldehydes is 1. The molecule has 1 aromatic rings. The largest absolute Gasteiger partial charge is 0.361 e. The van der Waals surface area contributed by atoms with E-state index < -0.39 is 0 Å². The van der Waals surface area contributed by atoms with Crippen molar-refractivity contribution in [1.29, 1.82) is 0 Å². The molecule has 1 aromatic heterocycles. The lowest BCUT2D eigenvalue weighted by atomic mass is 9.98. The summed E-state index contributed by atoms with van der Waals surface area (Å²) in [5.41, 5.74) is 0.906. The van der Waals surface area contributed by atoms with Gasteiger partial charge in [0.15, 0.2) is 0 Å². The average Bonchev–Trinajstić information content (AvgIpc) is 2.63. The molecule has 0 aliphatic heterocycles. The second-order valence-corrected chi connectivity index (χ2v) is 3.82. The molecule has 0 bridgehead atoms. The van der Waals surface area contributed by atoms with Crippen molar-refractivity contribution in [2.75, 3.05) is 0 Å². The third-order valence-electron chi connectivity index (χ3n) is 2.41. The van der Waals surface area contributed by atoms with E-state index in [0.29, 0.717) is 12.3 Å². The highest BCUT2D eigenvalue weighted by atomic mass is 16.5. The molecule has 78 valence electrons. The van der Waals surface area contributed by atoms with Gasteiger partial charge in [0, 0.05) is 24.3 Å². The maximum Gasteiger partial charge on any atom is 0.139 e. The molecular weight excluding hydrogens is 178 g/mol. The summed E-state index contributed by atoms with van der Waals surface area (Å²) in [5, 5.41) is 3.99. The molecule has 0 N–H and O–H groups in total. The van der Waals surface area contributed by atoms with Gasteiger partial charge in [-0.1, -0.05) is 25.9 Å². The Kier molecular flexibility index (Phi) is 3.86. The maximum absolute atomic E-state index is 10.4. The molecule has 0 fully saturated rings. The van der Waals surface area contributed by atoms with E-state index in [4.69, 9.17) is 4.52 Å². The van der Waals surface area contributed by atoms with E-state index in [0.717, 1.165) is 24.2 Å². The number of hydrogen-bond acceptors (Lipinski definition) is 3. The summed E-state index contributed by atoms with van der Waals surface area (Å²) in [6.07, 6.45) is 2.39. The van der Waals surface area contributed by atoms with E-state index in [2.05, 4.69) is 25.9 Å². The fraction of sp³-hybridized carbons (Fsp3) is 0.636. The Morgan fingerprint density at radius 3 is 2.71 bits per heavy atom. The Bertz CT molecular complexity index is 291. The van der Waals surface area contributed by atoms with Crippen LogP contribution in [0.2, 0.25) is 0 Å². The Morgan fingerprint density at radius 2 is 2.29 bits per heavy atom. The molecule has 1 heterocycles. The molecule has 0 saturated carbocycles. The highest BCUT2D eigenvalue weighted by molar-refractivity contribution is 5.51. The third kappa shape index (κ3) is 2.44. The van der Waals surface area contributed by atoms with Crippen molar-refractivity contribution in [3.8, 4) is 0 Å².